The summed E-state index contributed by atoms with van der Waals surface area (Å²) in [6, 6.07) is 2.22. The minimum absolute atomic E-state index is 0.0284. The molecule has 2 rings (SSSR count). The van der Waals surface area contributed by atoms with Gasteiger partial charge in [0, 0.05) is 45.1 Å². The molecule has 12 heteroatoms. The first kappa shape index (κ1) is 54.7. The Kier molecular flexibility index (Phi) is 30.5. The Morgan fingerprint density at radius 1 is 0.623 bits per heavy atom. The molecule has 2 N–H and O–H groups in total. The average molecular weight is 880 g/mol. The number of rotatable bonds is 40. The topological polar surface area (TPSA) is 147 Å². The molecule has 1 unspecified atom stereocenters. The van der Waals surface area contributed by atoms with Gasteiger partial charge in [-0.15, -0.1) is 0 Å². The number of carbonyl (C=O) groups is 2. The summed E-state index contributed by atoms with van der Waals surface area (Å²) in [4.78, 5) is 35.4. The van der Waals surface area contributed by atoms with Crippen molar-refractivity contribution in [2.75, 3.05) is 33.4 Å². The lowest BCUT2D eigenvalue weighted by molar-refractivity contribution is -0.161. The highest BCUT2D eigenvalue weighted by Gasteiger charge is 2.26. The molecule has 0 fully saturated rings. The molecule has 61 heavy (non-hydrogen) atoms. The summed E-state index contributed by atoms with van der Waals surface area (Å²) in [6.07, 6.45) is 27.9. The number of aryl methyl sites for hydroxylation is 5. The van der Waals surface area contributed by atoms with Gasteiger partial charge in [0.2, 0.25) is 0 Å². The summed E-state index contributed by atoms with van der Waals surface area (Å²) < 4.78 is 45.7. The summed E-state index contributed by atoms with van der Waals surface area (Å²) in [7, 11) is -2.68. The highest BCUT2D eigenvalue weighted by atomic mass is 31.2. The summed E-state index contributed by atoms with van der Waals surface area (Å²) in [5.74, 6) is 3.75. The van der Waals surface area contributed by atoms with Crippen LogP contribution in [0.15, 0.2) is 14.9 Å². The van der Waals surface area contributed by atoms with Crippen molar-refractivity contribution >= 4 is 19.8 Å². The van der Waals surface area contributed by atoms with Gasteiger partial charge in [-0.2, -0.15) is 0 Å². The van der Waals surface area contributed by atoms with E-state index < -0.39 is 32.5 Å². The monoisotopic (exact) mass is 880 g/mol. The van der Waals surface area contributed by atoms with E-state index >= 15 is 0 Å². The molecule has 2 atom stereocenters. The normalized spacial score (nSPS) is 13.1. The van der Waals surface area contributed by atoms with Crippen molar-refractivity contribution in [1.82, 2.24) is 5.32 Å². The van der Waals surface area contributed by atoms with Crippen molar-refractivity contribution in [2.45, 2.75) is 221 Å². The average Bonchev–Trinajstić information content (AvgIpc) is 3.72. The van der Waals surface area contributed by atoms with Crippen LogP contribution in [-0.4, -0.2) is 56.3 Å². The Hall–Kier alpha value is -2.43. The third-order valence-corrected chi connectivity index (χ3v) is 12.6. The zero-order chi connectivity index (χ0) is 44.6. The molecule has 0 saturated carbocycles. The fraction of sp³-hybridized carbons (Fsp3) is 0.796. The number of phosphoric acid groups is 1. The standard InChI is InChI=1S/C49H86NO10P/c1-7-9-23-29-43-37-40(3)45(58-43)30-25-19-15-13-11-12-14-16-22-28-34-49(52)59-44(39-57-61(53,54)56-36-35-50-6)38-55-48(51)33-27-21-18-17-20-26-32-47-42(5)41(4)46(60-47)31-24-10-8-2/h37,44,50H,7-36,38-39H2,1-6H3,(H,53,54)/t44-/m1/s1. The van der Waals surface area contributed by atoms with Gasteiger partial charge < -0.3 is 28.5 Å². The van der Waals surface area contributed by atoms with Crippen LogP contribution < -0.4 is 5.32 Å². The highest BCUT2D eigenvalue weighted by molar-refractivity contribution is 7.47. The minimum Gasteiger partial charge on any atom is -0.466 e. The maximum atomic E-state index is 12.7. The van der Waals surface area contributed by atoms with E-state index in [-0.39, 0.29) is 26.1 Å². The number of hydrogen-bond acceptors (Lipinski definition) is 10. The number of unbranched alkanes of at least 4 members (excludes halogenated alkanes) is 18. The zero-order valence-electron chi connectivity index (χ0n) is 39.4. The van der Waals surface area contributed by atoms with Crippen LogP contribution in [0.5, 0.6) is 0 Å². The van der Waals surface area contributed by atoms with E-state index in [4.69, 9.17) is 27.4 Å². The molecule has 11 nitrogen and oxygen atoms in total. The first-order valence-corrected chi connectivity index (χ1v) is 25.8. The van der Waals surface area contributed by atoms with Gasteiger partial charge in [0.25, 0.3) is 0 Å². The minimum atomic E-state index is -4.37. The van der Waals surface area contributed by atoms with E-state index in [9.17, 15) is 19.0 Å². The molecular weight excluding hydrogens is 794 g/mol. The van der Waals surface area contributed by atoms with E-state index in [2.05, 4.69) is 46.0 Å². The van der Waals surface area contributed by atoms with Gasteiger partial charge in [0.1, 0.15) is 29.6 Å². The molecule has 0 aromatic carbocycles. The largest absolute Gasteiger partial charge is 0.472 e. The lowest BCUT2D eigenvalue weighted by Crippen LogP contribution is -2.29. The van der Waals surface area contributed by atoms with Gasteiger partial charge in [-0.05, 0) is 89.1 Å². The van der Waals surface area contributed by atoms with Crippen LogP contribution >= 0.6 is 7.82 Å². The molecular formula is C49H86NO10P. The van der Waals surface area contributed by atoms with Crippen molar-refractivity contribution in [2.24, 2.45) is 0 Å². The van der Waals surface area contributed by atoms with E-state index in [0.717, 1.165) is 94.3 Å². The highest BCUT2D eigenvalue weighted by Crippen LogP contribution is 2.43. The van der Waals surface area contributed by atoms with Crippen molar-refractivity contribution in [3.63, 3.8) is 0 Å². The number of furan rings is 2. The second-order valence-electron chi connectivity index (χ2n) is 17.1. The summed E-state index contributed by atoms with van der Waals surface area (Å²) in [6.45, 7) is 10.6. The molecule has 0 amide bonds. The molecule has 0 aliphatic rings. The van der Waals surface area contributed by atoms with E-state index in [1.165, 1.54) is 99.5 Å². The van der Waals surface area contributed by atoms with Gasteiger partial charge >= 0.3 is 19.8 Å². The van der Waals surface area contributed by atoms with Crippen molar-refractivity contribution in [1.29, 1.82) is 0 Å². The zero-order valence-corrected chi connectivity index (χ0v) is 40.2. The number of carbonyl (C=O) groups excluding carboxylic acids is 2. The number of ether oxygens (including phenoxy) is 2. The third-order valence-electron chi connectivity index (χ3n) is 11.6. The van der Waals surface area contributed by atoms with Crippen LogP contribution in [0.1, 0.15) is 208 Å². The van der Waals surface area contributed by atoms with Gasteiger partial charge in [-0.1, -0.05) is 117 Å². The maximum Gasteiger partial charge on any atom is 0.472 e. The first-order chi connectivity index (χ1) is 29.5. The molecule has 0 spiro atoms. The summed E-state index contributed by atoms with van der Waals surface area (Å²) >= 11 is 0. The fourth-order valence-electron chi connectivity index (χ4n) is 7.57. The Labute approximate surface area is 370 Å². The quantitative estimate of drug-likeness (QED) is 0.0374. The Bertz CT molecular complexity index is 1490. The number of phosphoric ester groups is 1. The van der Waals surface area contributed by atoms with Crippen LogP contribution in [0, 0.1) is 20.8 Å². The van der Waals surface area contributed by atoms with Crippen LogP contribution in [0.4, 0.5) is 0 Å². The fourth-order valence-corrected chi connectivity index (χ4v) is 8.32. The van der Waals surface area contributed by atoms with Crippen LogP contribution in [0.25, 0.3) is 0 Å². The predicted molar refractivity (Wildman–Crippen MR) is 245 cm³/mol. The van der Waals surface area contributed by atoms with E-state index in [1.54, 1.807) is 7.05 Å². The lowest BCUT2D eigenvalue weighted by Gasteiger charge is -2.20. The molecule has 0 aliphatic heterocycles. The number of hydrogen-bond donors (Lipinski definition) is 2. The van der Waals surface area contributed by atoms with Gasteiger partial charge in [0.05, 0.1) is 13.2 Å². The molecule has 352 valence electrons. The predicted octanol–water partition coefficient (Wildman–Crippen LogP) is 12.9. The smallest absolute Gasteiger partial charge is 0.466 e. The second-order valence-corrected chi connectivity index (χ2v) is 18.5. The molecule has 2 heterocycles. The third kappa shape index (κ3) is 26.1. The SMILES string of the molecule is CCCCCc1cc(C)c(CCCCCCCCCCCCC(=O)O[C@H](COC(=O)CCCCCCCCc2oc(CCCCC)c(C)c2C)COP(=O)(O)OCCNC)o1. The molecule has 2 aromatic heterocycles. The molecule has 0 saturated heterocycles. The molecule has 0 radical (unpaired) electrons. The molecule has 2 aromatic rings. The number of esters is 2. The van der Waals surface area contributed by atoms with Crippen LogP contribution in [0.2, 0.25) is 0 Å². The Balaban J connectivity index is 1.59. The number of nitrogens with one attached hydrogen (secondary N) is 1. The van der Waals surface area contributed by atoms with Crippen molar-refractivity contribution in [3.05, 3.63) is 45.8 Å². The van der Waals surface area contributed by atoms with E-state index in [1.807, 2.05) is 0 Å². The van der Waals surface area contributed by atoms with E-state index in [0.29, 0.717) is 19.4 Å². The Morgan fingerprint density at radius 2 is 1.10 bits per heavy atom. The molecule has 0 bridgehead atoms. The summed E-state index contributed by atoms with van der Waals surface area (Å²) in [5, 5.41) is 2.83. The van der Waals surface area contributed by atoms with Gasteiger partial charge in [-0.3, -0.25) is 18.6 Å². The van der Waals surface area contributed by atoms with Gasteiger partial charge in [-0.25, -0.2) is 4.57 Å². The maximum absolute atomic E-state index is 12.7. The Morgan fingerprint density at radius 3 is 1.64 bits per heavy atom. The van der Waals surface area contributed by atoms with Crippen molar-refractivity contribution < 1.29 is 46.4 Å². The second kappa shape index (κ2) is 34.0. The first-order valence-electron chi connectivity index (χ1n) is 24.3. The lowest BCUT2D eigenvalue weighted by atomic mass is 10.0. The summed E-state index contributed by atoms with van der Waals surface area (Å²) in [5.41, 5.74) is 3.91. The van der Waals surface area contributed by atoms with Gasteiger partial charge in [0.15, 0.2) is 6.10 Å². The molecule has 0 aliphatic carbocycles. The number of likely N-dealkylation sites (N-methyl/N-ethyl adjacent to an activating group) is 1. The van der Waals surface area contributed by atoms with Crippen LogP contribution in [-0.2, 0) is 58.4 Å². The van der Waals surface area contributed by atoms with Crippen LogP contribution in [0.3, 0.4) is 0 Å². The van der Waals surface area contributed by atoms with Crippen molar-refractivity contribution in [3.8, 4) is 0 Å².